The zero-order valence-electron chi connectivity index (χ0n) is 8.79. The van der Waals surface area contributed by atoms with Crippen LogP contribution in [0, 0.1) is 0 Å². The fourth-order valence-corrected chi connectivity index (χ4v) is 2.05. The Bertz CT molecular complexity index is 461. The SMILES string of the molecule is O=C(O)c1ccc(N(SC(F)(Cl)Cl)C(F)(F)F)cc1. The van der Waals surface area contributed by atoms with Crippen molar-refractivity contribution in [3.63, 3.8) is 0 Å². The minimum Gasteiger partial charge on any atom is -0.478 e. The molecule has 1 rings (SSSR count). The van der Waals surface area contributed by atoms with E-state index >= 15 is 0 Å². The van der Waals surface area contributed by atoms with E-state index in [4.69, 9.17) is 28.3 Å². The Morgan fingerprint density at radius 2 is 1.63 bits per heavy atom. The van der Waals surface area contributed by atoms with Crippen molar-refractivity contribution in [3.8, 4) is 0 Å². The lowest BCUT2D eigenvalue weighted by Crippen LogP contribution is -2.34. The van der Waals surface area contributed by atoms with Crippen molar-refractivity contribution in [1.82, 2.24) is 0 Å². The molecule has 0 aliphatic carbocycles. The molecule has 0 aliphatic heterocycles. The highest BCUT2D eigenvalue weighted by atomic mass is 35.5. The van der Waals surface area contributed by atoms with Crippen molar-refractivity contribution in [3.05, 3.63) is 29.8 Å². The second-order valence-electron chi connectivity index (χ2n) is 3.15. The number of rotatable bonds is 4. The van der Waals surface area contributed by atoms with E-state index in [0.717, 1.165) is 24.3 Å². The maximum Gasteiger partial charge on any atom is 0.495 e. The molecule has 0 spiro atoms. The molecule has 0 aliphatic rings. The summed E-state index contributed by atoms with van der Waals surface area (Å²) in [4.78, 5) is 10.6. The standard InChI is InChI=1S/C9H5Cl2F4NO2S/c10-8(11,12)19-16(9(13,14)15)6-3-1-5(2-4-6)7(17)18/h1-4H,(H,17,18). The van der Waals surface area contributed by atoms with Crippen molar-refractivity contribution in [1.29, 1.82) is 0 Å². The number of carboxylic acids is 1. The van der Waals surface area contributed by atoms with Gasteiger partial charge in [-0.25, -0.2) is 9.10 Å². The molecule has 10 heteroatoms. The Labute approximate surface area is 119 Å². The van der Waals surface area contributed by atoms with Gasteiger partial charge >= 0.3 is 16.2 Å². The molecule has 0 radical (unpaired) electrons. The Balaban J connectivity index is 3.08. The molecule has 106 valence electrons. The molecule has 19 heavy (non-hydrogen) atoms. The summed E-state index contributed by atoms with van der Waals surface area (Å²) in [5, 5.41) is 8.62. The summed E-state index contributed by atoms with van der Waals surface area (Å²) in [7, 11) is 0. The Morgan fingerprint density at radius 3 is 1.95 bits per heavy atom. The lowest BCUT2D eigenvalue weighted by Gasteiger charge is -2.27. The van der Waals surface area contributed by atoms with Crippen LogP contribution in [0.1, 0.15) is 10.4 Å². The minimum absolute atomic E-state index is 0.209. The van der Waals surface area contributed by atoms with Crippen LogP contribution >= 0.6 is 35.1 Å². The van der Waals surface area contributed by atoms with Crippen LogP contribution in [0.3, 0.4) is 0 Å². The zero-order chi connectivity index (χ0) is 14.8. The zero-order valence-corrected chi connectivity index (χ0v) is 11.1. The summed E-state index contributed by atoms with van der Waals surface area (Å²) >= 11 is 9.28. The van der Waals surface area contributed by atoms with Crippen molar-refractivity contribution < 1.29 is 27.5 Å². The maximum atomic E-state index is 12.9. The van der Waals surface area contributed by atoms with Crippen LogP contribution in [-0.2, 0) is 0 Å². The van der Waals surface area contributed by atoms with Gasteiger partial charge in [0, 0.05) is 11.9 Å². The number of nitrogens with zero attached hydrogens (tertiary/aromatic N) is 1. The van der Waals surface area contributed by atoms with E-state index in [2.05, 4.69) is 0 Å². The van der Waals surface area contributed by atoms with Gasteiger partial charge < -0.3 is 5.11 Å². The predicted octanol–water partition coefficient (Wildman–Crippen LogP) is 4.42. The average Bonchev–Trinajstić information content (AvgIpc) is 2.23. The molecule has 0 unspecified atom stereocenters. The lowest BCUT2D eigenvalue weighted by atomic mass is 10.2. The second kappa shape index (κ2) is 5.64. The summed E-state index contributed by atoms with van der Waals surface area (Å²) in [6, 6.07) is 3.62. The second-order valence-corrected chi connectivity index (χ2v) is 5.94. The van der Waals surface area contributed by atoms with E-state index < -0.39 is 38.1 Å². The Morgan fingerprint density at radius 1 is 1.16 bits per heavy atom. The fourth-order valence-electron chi connectivity index (χ4n) is 1.09. The van der Waals surface area contributed by atoms with Gasteiger partial charge in [-0.2, -0.15) is 4.39 Å². The molecule has 0 saturated heterocycles. The molecule has 0 fully saturated rings. The molecule has 0 aromatic heterocycles. The molecule has 3 nitrogen and oxygen atoms in total. The first kappa shape index (κ1) is 16.2. The number of halogens is 6. The van der Waals surface area contributed by atoms with E-state index in [0.29, 0.717) is 0 Å². The summed E-state index contributed by atoms with van der Waals surface area (Å²) in [5.41, 5.74) is -0.718. The van der Waals surface area contributed by atoms with Gasteiger partial charge in [0.1, 0.15) is 0 Å². The number of hydrogen-bond donors (Lipinski definition) is 1. The van der Waals surface area contributed by atoms with E-state index in [1.54, 1.807) is 0 Å². The van der Waals surface area contributed by atoms with Crippen molar-refractivity contribution in [2.75, 3.05) is 4.31 Å². The monoisotopic (exact) mass is 337 g/mol. The van der Waals surface area contributed by atoms with Crippen molar-refractivity contribution in [2.24, 2.45) is 0 Å². The Kier molecular flexibility index (Phi) is 4.81. The summed E-state index contributed by atoms with van der Waals surface area (Å²) in [6.07, 6.45) is -4.95. The first-order valence-corrected chi connectivity index (χ1v) is 6.00. The molecule has 0 heterocycles. The van der Waals surface area contributed by atoms with Gasteiger partial charge in [0.2, 0.25) is 0 Å². The number of aromatic carboxylic acids is 1. The molecule has 1 N–H and O–H groups in total. The third-order valence-electron chi connectivity index (χ3n) is 1.77. The van der Waals surface area contributed by atoms with Crippen LogP contribution in [0.5, 0.6) is 0 Å². The number of carbonyl (C=O) groups is 1. The van der Waals surface area contributed by atoms with Gasteiger partial charge in [-0.3, -0.25) is 0 Å². The van der Waals surface area contributed by atoms with Crippen LogP contribution in [0.2, 0.25) is 0 Å². The topological polar surface area (TPSA) is 40.5 Å². The number of anilines is 1. The molecular formula is C9H5Cl2F4NO2S. The maximum absolute atomic E-state index is 12.9. The third-order valence-corrected chi connectivity index (χ3v) is 3.00. The lowest BCUT2D eigenvalue weighted by molar-refractivity contribution is -0.114. The highest BCUT2D eigenvalue weighted by molar-refractivity contribution is 8.04. The largest absolute Gasteiger partial charge is 0.495 e. The summed E-state index contributed by atoms with van der Waals surface area (Å²) < 4.78 is 47.4. The summed E-state index contributed by atoms with van der Waals surface area (Å²) in [6.45, 7) is 0. The van der Waals surface area contributed by atoms with E-state index in [9.17, 15) is 22.4 Å². The van der Waals surface area contributed by atoms with Gasteiger partial charge in [0.05, 0.1) is 11.3 Å². The number of alkyl halides is 6. The van der Waals surface area contributed by atoms with E-state index in [-0.39, 0.29) is 5.56 Å². The van der Waals surface area contributed by atoms with Gasteiger partial charge in [0.25, 0.3) is 0 Å². The van der Waals surface area contributed by atoms with Gasteiger partial charge in [-0.15, -0.1) is 13.2 Å². The highest BCUT2D eigenvalue weighted by Crippen LogP contribution is 2.45. The molecule has 0 amide bonds. The first-order chi connectivity index (χ1) is 8.50. The average molecular weight is 338 g/mol. The van der Waals surface area contributed by atoms with Gasteiger partial charge in [-0.05, 0) is 24.3 Å². The van der Waals surface area contributed by atoms with Gasteiger partial charge in [0.15, 0.2) is 0 Å². The molecule has 1 aromatic rings. The normalized spacial score (nSPS) is 12.3. The van der Waals surface area contributed by atoms with Crippen LogP contribution in [0.4, 0.5) is 23.2 Å². The van der Waals surface area contributed by atoms with Gasteiger partial charge in [-0.1, -0.05) is 23.2 Å². The third kappa shape index (κ3) is 4.96. The van der Waals surface area contributed by atoms with E-state index in [1.807, 2.05) is 0 Å². The molecule has 0 bridgehead atoms. The predicted molar refractivity (Wildman–Crippen MR) is 65.1 cm³/mol. The fraction of sp³-hybridized carbons (Fsp3) is 0.222. The Hall–Kier alpha value is -0.860. The van der Waals surface area contributed by atoms with Crippen molar-refractivity contribution in [2.45, 2.75) is 10.2 Å². The smallest absolute Gasteiger partial charge is 0.478 e. The number of benzene rings is 1. The van der Waals surface area contributed by atoms with Crippen LogP contribution in [0.25, 0.3) is 0 Å². The van der Waals surface area contributed by atoms with Crippen LogP contribution < -0.4 is 4.31 Å². The quantitative estimate of drug-likeness (QED) is 0.382. The van der Waals surface area contributed by atoms with Crippen LogP contribution in [0.15, 0.2) is 24.3 Å². The van der Waals surface area contributed by atoms with Crippen molar-refractivity contribution >= 4 is 46.8 Å². The molecule has 1 aromatic carbocycles. The summed E-state index contributed by atoms with van der Waals surface area (Å²) in [5.74, 6) is -1.30. The van der Waals surface area contributed by atoms with E-state index in [1.165, 1.54) is 0 Å². The minimum atomic E-state index is -4.95. The highest BCUT2D eigenvalue weighted by Gasteiger charge is 2.44. The molecule has 0 saturated carbocycles. The number of carboxylic acid groups (broad SMARTS) is 1. The number of hydrogen-bond acceptors (Lipinski definition) is 3. The molecular weight excluding hydrogens is 333 g/mol. The first-order valence-electron chi connectivity index (χ1n) is 4.47. The molecule has 0 atom stereocenters. The van der Waals surface area contributed by atoms with Crippen LogP contribution in [-0.4, -0.2) is 21.3 Å².